The second-order valence-electron chi connectivity index (χ2n) is 10.7. The number of carbonyl (C=O) groups excluding carboxylic acids is 1. The molecule has 0 atom stereocenters. The zero-order valence-corrected chi connectivity index (χ0v) is 23.6. The number of benzene rings is 2. The van der Waals surface area contributed by atoms with Gasteiger partial charge in [-0.1, -0.05) is 12.6 Å². The number of nitrogens with zero attached hydrogens (tertiary/aromatic N) is 6. The van der Waals surface area contributed by atoms with Crippen LogP contribution in [-0.2, 0) is 11.8 Å². The van der Waals surface area contributed by atoms with E-state index in [9.17, 15) is 4.79 Å². The van der Waals surface area contributed by atoms with Crippen LogP contribution < -0.4 is 20.3 Å². The highest BCUT2D eigenvalue weighted by Gasteiger charge is 2.28. The lowest BCUT2D eigenvalue weighted by molar-refractivity contribution is -0.111. The highest BCUT2D eigenvalue weighted by Crippen LogP contribution is 2.39. The van der Waals surface area contributed by atoms with Gasteiger partial charge in [0.15, 0.2) is 0 Å². The third-order valence-electron chi connectivity index (χ3n) is 8.17. The lowest BCUT2D eigenvalue weighted by Crippen LogP contribution is -2.44. The third-order valence-corrected chi connectivity index (χ3v) is 8.17. The molecular formula is C31H36N8O2. The van der Waals surface area contributed by atoms with E-state index in [1.807, 2.05) is 48.3 Å². The molecule has 4 heterocycles. The number of anilines is 4. The quantitative estimate of drug-likeness (QED) is 0.296. The van der Waals surface area contributed by atoms with Crippen LogP contribution in [0.1, 0.15) is 25.7 Å². The summed E-state index contributed by atoms with van der Waals surface area (Å²) in [5, 5.41) is 11.7. The first kappa shape index (κ1) is 26.8. The Morgan fingerprint density at radius 3 is 2.63 bits per heavy atom. The van der Waals surface area contributed by atoms with Gasteiger partial charge in [0.05, 0.1) is 41.6 Å². The molecule has 0 bridgehead atoms. The number of piperidine rings is 1. The Balaban J connectivity index is 1.27. The molecule has 4 aromatic rings. The largest absolute Gasteiger partial charge is 0.494 e. The number of aromatic nitrogens is 4. The summed E-state index contributed by atoms with van der Waals surface area (Å²) in [5.41, 5.74) is 5.08. The summed E-state index contributed by atoms with van der Waals surface area (Å²) in [4.78, 5) is 26.6. The molecular weight excluding hydrogens is 516 g/mol. The van der Waals surface area contributed by atoms with Gasteiger partial charge in [-0.2, -0.15) is 5.10 Å². The molecule has 2 aromatic heterocycles. The van der Waals surface area contributed by atoms with Gasteiger partial charge in [-0.05, 0) is 69.1 Å². The van der Waals surface area contributed by atoms with Crippen molar-refractivity contribution in [2.24, 2.45) is 7.05 Å². The summed E-state index contributed by atoms with van der Waals surface area (Å²) in [7, 11) is 3.57. The molecule has 2 aromatic carbocycles. The van der Waals surface area contributed by atoms with E-state index in [2.05, 4.69) is 43.2 Å². The minimum Gasteiger partial charge on any atom is -0.494 e. The van der Waals surface area contributed by atoms with E-state index in [1.165, 1.54) is 32.0 Å². The molecule has 2 N–H and O–H groups in total. The smallest absolute Gasteiger partial charge is 0.247 e. The van der Waals surface area contributed by atoms with Crippen molar-refractivity contribution in [2.75, 3.05) is 48.8 Å². The van der Waals surface area contributed by atoms with Crippen LogP contribution in [0.25, 0.3) is 22.2 Å². The summed E-state index contributed by atoms with van der Waals surface area (Å²) in [6.45, 7) is 7.89. The first-order valence-electron chi connectivity index (χ1n) is 14.2. The van der Waals surface area contributed by atoms with Crippen molar-refractivity contribution in [3.05, 3.63) is 61.4 Å². The van der Waals surface area contributed by atoms with Crippen molar-refractivity contribution >= 4 is 39.8 Å². The molecule has 0 saturated carbocycles. The Bertz CT molecular complexity index is 1570. The van der Waals surface area contributed by atoms with Crippen LogP contribution in [0, 0.1) is 0 Å². The van der Waals surface area contributed by atoms with E-state index in [0.717, 1.165) is 53.8 Å². The van der Waals surface area contributed by atoms with Gasteiger partial charge in [-0.15, -0.1) is 0 Å². The lowest BCUT2D eigenvalue weighted by Gasteiger charge is -2.38. The molecule has 212 valence electrons. The van der Waals surface area contributed by atoms with Crippen molar-refractivity contribution in [1.29, 1.82) is 0 Å². The zero-order valence-electron chi connectivity index (χ0n) is 23.6. The van der Waals surface area contributed by atoms with E-state index in [-0.39, 0.29) is 5.91 Å². The summed E-state index contributed by atoms with van der Waals surface area (Å²) >= 11 is 0. The zero-order chi connectivity index (χ0) is 28.3. The van der Waals surface area contributed by atoms with Gasteiger partial charge in [0, 0.05) is 49.4 Å². The first-order valence-corrected chi connectivity index (χ1v) is 14.2. The number of carbonyl (C=O) groups is 1. The van der Waals surface area contributed by atoms with Crippen molar-refractivity contribution in [1.82, 2.24) is 24.6 Å². The van der Waals surface area contributed by atoms with Crippen LogP contribution in [0.5, 0.6) is 5.75 Å². The van der Waals surface area contributed by atoms with Crippen molar-refractivity contribution < 1.29 is 9.53 Å². The summed E-state index contributed by atoms with van der Waals surface area (Å²) in [6, 6.07) is 12.5. The van der Waals surface area contributed by atoms with E-state index < -0.39 is 0 Å². The molecule has 0 radical (unpaired) electrons. The second kappa shape index (κ2) is 11.6. The van der Waals surface area contributed by atoms with Gasteiger partial charge in [0.1, 0.15) is 5.75 Å². The van der Waals surface area contributed by atoms with Gasteiger partial charge in [0.25, 0.3) is 0 Å². The van der Waals surface area contributed by atoms with Crippen LogP contribution in [0.2, 0.25) is 0 Å². The molecule has 10 heteroatoms. The average molecular weight is 553 g/mol. The molecule has 2 aliphatic rings. The second-order valence-corrected chi connectivity index (χ2v) is 10.7. The first-order chi connectivity index (χ1) is 20.0. The fraction of sp³-hybridized carbons (Fsp3) is 0.355. The summed E-state index contributed by atoms with van der Waals surface area (Å²) < 4.78 is 7.66. The number of methoxy groups -OCH3 is 1. The maximum atomic E-state index is 12.4. The minimum atomic E-state index is -0.265. The number of hydrogen-bond donors (Lipinski definition) is 2. The Hall–Kier alpha value is -4.44. The fourth-order valence-electron chi connectivity index (χ4n) is 5.98. The van der Waals surface area contributed by atoms with Crippen molar-refractivity contribution in [3.63, 3.8) is 0 Å². The molecule has 1 amide bonds. The molecule has 0 unspecified atom stereocenters. The maximum Gasteiger partial charge on any atom is 0.247 e. The molecule has 41 heavy (non-hydrogen) atoms. The molecule has 2 fully saturated rings. The lowest BCUT2D eigenvalue weighted by atomic mass is 10.0. The van der Waals surface area contributed by atoms with Crippen LogP contribution in [0.3, 0.4) is 0 Å². The standard InChI is InChI=1S/C31H36N8O2/c1-4-30(40)34-25-18-26(29(41-3)19-28(25)39-15-10-23(11-16-39)38-13-5-6-14-38)36-31-32-12-9-24(35-31)21-7-8-27-22(17-21)20-33-37(27)2/h4,7-9,12,17-20,23H,1,5-6,10-11,13-16H2,2-3H3,(H,34,40)(H,32,35,36). The Morgan fingerprint density at radius 1 is 1.07 bits per heavy atom. The van der Waals surface area contributed by atoms with Crippen LogP contribution in [0.4, 0.5) is 23.0 Å². The summed E-state index contributed by atoms with van der Waals surface area (Å²) in [6.07, 6.45) is 9.66. The third kappa shape index (κ3) is 5.60. The van der Waals surface area contributed by atoms with E-state index >= 15 is 0 Å². The Morgan fingerprint density at radius 2 is 1.88 bits per heavy atom. The van der Waals surface area contributed by atoms with Gasteiger partial charge in [-0.25, -0.2) is 9.97 Å². The molecule has 0 spiro atoms. The molecule has 0 aliphatic carbocycles. The van der Waals surface area contributed by atoms with Gasteiger partial charge in [0.2, 0.25) is 11.9 Å². The van der Waals surface area contributed by atoms with E-state index in [1.54, 1.807) is 13.3 Å². The number of nitrogens with one attached hydrogen (secondary N) is 2. The van der Waals surface area contributed by atoms with Crippen LogP contribution in [-0.4, -0.2) is 69.9 Å². The Labute approximate surface area is 240 Å². The topological polar surface area (TPSA) is 100 Å². The number of hydrogen-bond acceptors (Lipinski definition) is 8. The van der Waals surface area contributed by atoms with Crippen molar-refractivity contribution in [2.45, 2.75) is 31.7 Å². The van der Waals surface area contributed by atoms with Gasteiger partial charge >= 0.3 is 0 Å². The predicted molar refractivity (Wildman–Crippen MR) is 163 cm³/mol. The monoisotopic (exact) mass is 552 g/mol. The van der Waals surface area contributed by atoms with Crippen LogP contribution in [0.15, 0.2) is 61.4 Å². The highest BCUT2D eigenvalue weighted by molar-refractivity contribution is 6.02. The minimum absolute atomic E-state index is 0.265. The number of fused-ring (bicyclic) bond motifs is 1. The average Bonchev–Trinajstić information content (AvgIpc) is 3.68. The molecule has 2 saturated heterocycles. The predicted octanol–water partition coefficient (Wildman–Crippen LogP) is 4.97. The molecule has 2 aliphatic heterocycles. The van der Waals surface area contributed by atoms with E-state index in [4.69, 9.17) is 9.72 Å². The van der Waals surface area contributed by atoms with E-state index in [0.29, 0.717) is 29.1 Å². The number of rotatable bonds is 8. The highest BCUT2D eigenvalue weighted by atomic mass is 16.5. The fourth-order valence-corrected chi connectivity index (χ4v) is 5.98. The number of aryl methyl sites for hydroxylation is 1. The SMILES string of the molecule is C=CC(=O)Nc1cc(Nc2nccc(-c3ccc4c(cnn4C)c3)n2)c(OC)cc1N1CCC(N2CCCC2)CC1. The summed E-state index contributed by atoms with van der Waals surface area (Å²) in [5.74, 6) is 0.801. The number of ether oxygens (including phenoxy) is 1. The number of amides is 1. The Kier molecular flexibility index (Phi) is 7.56. The number of likely N-dealkylation sites (tertiary alicyclic amines) is 1. The van der Waals surface area contributed by atoms with Crippen molar-refractivity contribution in [3.8, 4) is 17.0 Å². The molecule has 6 rings (SSSR count). The normalized spacial score (nSPS) is 16.2. The molecule has 10 nitrogen and oxygen atoms in total. The maximum absolute atomic E-state index is 12.4. The van der Waals surface area contributed by atoms with Crippen LogP contribution >= 0.6 is 0 Å². The van der Waals surface area contributed by atoms with Gasteiger partial charge < -0.3 is 25.2 Å². The van der Waals surface area contributed by atoms with Gasteiger partial charge in [-0.3, -0.25) is 9.48 Å².